The van der Waals surface area contributed by atoms with Crippen LogP contribution in [0, 0.1) is 11.3 Å². The quantitative estimate of drug-likeness (QED) is 0.549. The Kier molecular flexibility index (Phi) is 5.82. The first-order chi connectivity index (χ1) is 12.7. The Morgan fingerprint density at radius 2 is 1.96 bits per heavy atom. The number of nitrogens with zero attached hydrogens (tertiary/aromatic N) is 2. The maximum atomic E-state index is 10.2. The van der Waals surface area contributed by atoms with E-state index in [0.29, 0.717) is 12.1 Å². The van der Waals surface area contributed by atoms with Crippen LogP contribution in [-0.2, 0) is 0 Å². The number of aliphatic imine (C=N–C) groups is 1. The van der Waals surface area contributed by atoms with Crippen LogP contribution in [0.3, 0.4) is 0 Å². The van der Waals surface area contributed by atoms with Crippen molar-refractivity contribution in [3.63, 3.8) is 0 Å². The van der Waals surface area contributed by atoms with Crippen molar-refractivity contribution in [2.24, 2.45) is 4.99 Å². The molecular formula is C20H20N4OS. The van der Waals surface area contributed by atoms with E-state index in [4.69, 9.17) is 16.0 Å². The van der Waals surface area contributed by atoms with Crippen molar-refractivity contribution in [2.75, 3.05) is 11.5 Å². The van der Waals surface area contributed by atoms with Gasteiger partial charge in [0, 0.05) is 29.1 Å². The number of aromatic hydroxyl groups is 1. The average Bonchev–Trinajstić information content (AvgIpc) is 2.66. The lowest BCUT2D eigenvalue weighted by molar-refractivity contribution is 0.466. The van der Waals surface area contributed by atoms with Gasteiger partial charge in [-0.15, -0.1) is 0 Å². The number of nitrogens with one attached hydrogen (secondary N) is 1. The number of nitriles is 1. The third kappa shape index (κ3) is 4.38. The van der Waals surface area contributed by atoms with Gasteiger partial charge in [0.1, 0.15) is 11.8 Å². The molecule has 0 saturated heterocycles. The second-order valence-electron chi connectivity index (χ2n) is 5.88. The number of hydrogen-bond donors (Lipinski definition) is 3. The molecule has 1 aliphatic rings. The van der Waals surface area contributed by atoms with Crippen molar-refractivity contribution < 1.29 is 5.11 Å². The molecule has 0 radical (unpaired) electrons. The number of nitrogen functional groups attached to an aromatic ring is 1. The monoisotopic (exact) mass is 364 g/mol. The molecule has 2 aromatic rings. The number of para-hydroxylation sites is 1. The van der Waals surface area contributed by atoms with Gasteiger partial charge in [0.2, 0.25) is 0 Å². The molecule has 1 heterocycles. The summed E-state index contributed by atoms with van der Waals surface area (Å²) in [6, 6.07) is 16.8. The van der Waals surface area contributed by atoms with Crippen molar-refractivity contribution in [1.82, 2.24) is 5.32 Å². The molecule has 6 heteroatoms. The van der Waals surface area contributed by atoms with E-state index in [0.717, 1.165) is 34.2 Å². The number of phenolic OH excluding ortho intramolecular Hbond substituents is 1. The standard InChI is InChI=1S/C20H20N4OS/c21-11-3-4-12-26-20-23-17(14-7-9-15(22)10-8-14)13-18(24-20)16-5-1-2-6-19(16)25/h1-2,5-10,13,18,25H,3-4,12,22H2,(H,23,24). The predicted octanol–water partition coefficient (Wildman–Crippen LogP) is 4.05. The molecule has 1 unspecified atom stereocenters. The molecule has 1 aliphatic heterocycles. The maximum absolute atomic E-state index is 10.2. The number of amidine groups is 1. The van der Waals surface area contributed by atoms with Crippen LogP contribution in [0.15, 0.2) is 59.6 Å². The number of nitrogens with two attached hydrogens (primary N) is 1. The summed E-state index contributed by atoms with van der Waals surface area (Å²) in [6.07, 6.45) is 3.34. The molecule has 1 atom stereocenters. The molecular weight excluding hydrogens is 344 g/mol. The number of anilines is 1. The zero-order valence-corrected chi connectivity index (χ0v) is 15.0. The first-order valence-electron chi connectivity index (χ1n) is 8.37. The highest BCUT2D eigenvalue weighted by molar-refractivity contribution is 8.13. The van der Waals surface area contributed by atoms with Crippen molar-refractivity contribution >= 4 is 28.3 Å². The van der Waals surface area contributed by atoms with Gasteiger partial charge in [-0.05, 0) is 36.3 Å². The van der Waals surface area contributed by atoms with Crippen molar-refractivity contribution in [3.8, 4) is 11.8 Å². The minimum atomic E-state index is -0.275. The Labute approximate surface area is 157 Å². The Balaban J connectivity index is 1.88. The van der Waals surface area contributed by atoms with E-state index in [9.17, 15) is 5.11 Å². The summed E-state index contributed by atoms with van der Waals surface area (Å²) < 4.78 is 0. The molecule has 2 aromatic carbocycles. The second-order valence-corrected chi connectivity index (χ2v) is 6.96. The molecule has 0 aliphatic carbocycles. The lowest BCUT2D eigenvalue weighted by Gasteiger charge is -2.23. The van der Waals surface area contributed by atoms with Gasteiger partial charge < -0.3 is 16.2 Å². The zero-order valence-electron chi connectivity index (χ0n) is 14.2. The van der Waals surface area contributed by atoms with Gasteiger partial charge in [0.15, 0.2) is 5.17 Å². The third-order valence-electron chi connectivity index (χ3n) is 3.97. The first-order valence-corrected chi connectivity index (χ1v) is 9.36. The second kappa shape index (κ2) is 8.45. The number of benzene rings is 2. The zero-order chi connectivity index (χ0) is 18.4. The molecule has 5 nitrogen and oxygen atoms in total. The minimum Gasteiger partial charge on any atom is -0.508 e. The molecule has 26 heavy (non-hydrogen) atoms. The van der Waals surface area contributed by atoms with Gasteiger partial charge in [-0.25, -0.2) is 4.99 Å². The summed E-state index contributed by atoms with van der Waals surface area (Å²) in [6.45, 7) is 0. The summed E-state index contributed by atoms with van der Waals surface area (Å²) in [5, 5.41) is 23.0. The van der Waals surface area contributed by atoms with Crippen LogP contribution in [0.2, 0.25) is 0 Å². The lowest BCUT2D eigenvalue weighted by atomic mass is 10.0. The fourth-order valence-corrected chi connectivity index (χ4v) is 3.48. The molecule has 0 spiro atoms. The fraction of sp³-hybridized carbons (Fsp3) is 0.200. The Morgan fingerprint density at radius 3 is 2.69 bits per heavy atom. The summed E-state index contributed by atoms with van der Waals surface area (Å²) in [5.41, 5.74) is 9.19. The topological polar surface area (TPSA) is 94.4 Å². The largest absolute Gasteiger partial charge is 0.508 e. The maximum Gasteiger partial charge on any atom is 0.161 e. The summed E-state index contributed by atoms with van der Waals surface area (Å²) in [5.74, 6) is 1.03. The van der Waals surface area contributed by atoms with Gasteiger partial charge in [-0.1, -0.05) is 42.1 Å². The fourth-order valence-electron chi connectivity index (χ4n) is 2.63. The molecule has 0 saturated carbocycles. The molecule has 132 valence electrons. The average molecular weight is 364 g/mol. The molecule has 4 N–H and O–H groups in total. The summed E-state index contributed by atoms with van der Waals surface area (Å²) >= 11 is 1.58. The first kappa shape index (κ1) is 17.9. The highest BCUT2D eigenvalue weighted by Crippen LogP contribution is 2.33. The van der Waals surface area contributed by atoms with Crippen LogP contribution in [0.1, 0.15) is 30.0 Å². The number of thioether (sulfide) groups is 1. The van der Waals surface area contributed by atoms with Crippen LogP contribution in [-0.4, -0.2) is 16.0 Å². The van der Waals surface area contributed by atoms with Gasteiger partial charge in [0.25, 0.3) is 0 Å². The van der Waals surface area contributed by atoms with E-state index < -0.39 is 0 Å². The predicted molar refractivity (Wildman–Crippen MR) is 108 cm³/mol. The van der Waals surface area contributed by atoms with Gasteiger partial charge in [-0.2, -0.15) is 5.26 Å². The van der Waals surface area contributed by atoms with Crippen molar-refractivity contribution in [1.29, 1.82) is 5.26 Å². The molecule has 0 amide bonds. The van der Waals surface area contributed by atoms with E-state index in [1.54, 1.807) is 23.9 Å². The van der Waals surface area contributed by atoms with E-state index in [1.807, 2.05) is 42.5 Å². The third-order valence-corrected chi connectivity index (χ3v) is 4.94. The van der Waals surface area contributed by atoms with E-state index in [2.05, 4.69) is 11.4 Å². The normalized spacial score (nSPS) is 16.2. The van der Waals surface area contributed by atoms with Crippen LogP contribution in [0.5, 0.6) is 5.75 Å². The minimum absolute atomic E-state index is 0.227. The smallest absolute Gasteiger partial charge is 0.161 e. The Hall–Kier alpha value is -2.91. The Morgan fingerprint density at radius 1 is 1.19 bits per heavy atom. The van der Waals surface area contributed by atoms with Crippen LogP contribution in [0.25, 0.3) is 5.70 Å². The van der Waals surface area contributed by atoms with Gasteiger partial charge >= 0.3 is 0 Å². The van der Waals surface area contributed by atoms with Crippen LogP contribution in [0.4, 0.5) is 5.69 Å². The SMILES string of the molecule is N#CCCCSC1=NC(c2ccccc2O)C=C(c2ccc(N)cc2)N1. The molecule has 0 aromatic heterocycles. The number of rotatable bonds is 5. The highest BCUT2D eigenvalue weighted by Gasteiger charge is 2.20. The molecule has 0 fully saturated rings. The number of phenols is 1. The lowest BCUT2D eigenvalue weighted by Crippen LogP contribution is -2.24. The summed E-state index contributed by atoms with van der Waals surface area (Å²) in [4.78, 5) is 4.73. The molecule has 0 bridgehead atoms. The van der Waals surface area contributed by atoms with E-state index in [-0.39, 0.29) is 11.8 Å². The Bertz CT molecular complexity index is 868. The van der Waals surface area contributed by atoms with E-state index in [1.165, 1.54) is 0 Å². The van der Waals surface area contributed by atoms with Crippen molar-refractivity contribution in [3.05, 3.63) is 65.7 Å². The highest BCUT2D eigenvalue weighted by atomic mass is 32.2. The van der Waals surface area contributed by atoms with Gasteiger partial charge in [0.05, 0.1) is 6.07 Å². The van der Waals surface area contributed by atoms with Crippen molar-refractivity contribution in [2.45, 2.75) is 18.9 Å². The molecule has 3 rings (SSSR count). The summed E-state index contributed by atoms with van der Waals surface area (Å²) in [7, 11) is 0. The van der Waals surface area contributed by atoms with Crippen LogP contribution >= 0.6 is 11.8 Å². The van der Waals surface area contributed by atoms with Crippen LogP contribution < -0.4 is 11.1 Å². The van der Waals surface area contributed by atoms with E-state index >= 15 is 0 Å². The number of unbranched alkanes of at least 4 members (excludes halogenated alkanes) is 1. The number of hydrogen-bond acceptors (Lipinski definition) is 6. The van der Waals surface area contributed by atoms with Gasteiger partial charge in [-0.3, -0.25) is 0 Å².